The number of hydrogen-bond acceptors (Lipinski definition) is 7. The van der Waals surface area contributed by atoms with Gasteiger partial charge in [0.2, 0.25) is 5.89 Å². The molecule has 0 fully saturated rings. The van der Waals surface area contributed by atoms with E-state index in [-0.39, 0.29) is 12.1 Å². The van der Waals surface area contributed by atoms with E-state index in [1.54, 1.807) is 47.8 Å². The van der Waals surface area contributed by atoms with Crippen LogP contribution in [0.5, 0.6) is 17.2 Å². The summed E-state index contributed by atoms with van der Waals surface area (Å²) in [5, 5.41) is 4.57. The Morgan fingerprint density at radius 3 is 2.47 bits per heavy atom. The van der Waals surface area contributed by atoms with Crippen LogP contribution in [-0.2, 0) is 6.54 Å². The van der Waals surface area contributed by atoms with Gasteiger partial charge in [0.25, 0.3) is 5.56 Å². The summed E-state index contributed by atoms with van der Waals surface area (Å²) in [6.45, 7) is 4.63. The summed E-state index contributed by atoms with van der Waals surface area (Å²) in [6.07, 6.45) is 3.46. The van der Waals surface area contributed by atoms with Crippen LogP contribution in [0.1, 0.15) is 18.4 Å². The third-order valence-electron chi connectivity index (χ3n) is 5.92. The lowest BCUT2D eigenvalue weighted by Crippen LogP contribution is -2.22. The molecular weight excluding hydrogens is 460 g/mol. The van der Waals surface area contributed by atoms with E-state index in [2.05, 4.69) is 10.1 Å². The molecule has 184 valence electrons. The molecule has 2 aromatic carbocycles. The van der Waals surface area contributed by atoms with Gasteiger partial charge >= 0.3 is 0 Å². The van der Waals surface area contributed by atoms with Crippen molar-refractivity contribution in [3.05, 3.63) is 82.7 Å². The number of oxazole rings is 1. The molecule has 0 atom stereocenters. The van der Waals surface area contributed by atoms with Crippen LogP contribution in [0.3, 0.4) is 0 Å². The van der Waals surface area contributed by atoms with Crippen molar-refractivity contribution >= 4 is 5.52 Å². The van der Waals surface area contributed by atoms with E-state index in [1.807, 2.05) is 50.2 Å². The van der Waals surface area contributed by atoms with Gasteiger partial charge in [-0.15, -0.1) is 0 Å². The van der Waals surface area contributed by atoms with Crippen molar-refractivity contribution in [3.8, 4) is 40.0 Å². The van der Waals surface area contributed by atoms with E-state index in [4.69, 9.17) is 18.6 Å². The van der Waals surface area contributed by atoms with Crippen LogP contribution in [0.25, 0.3) is 28.2 Å². The Hall–Kier alpha value is -4.53. The Morgan fingerprint density at radius 1 is 0.972 bits per heavy atom. The fraction of sp³-hybridized carbons (Fsp3) is 0.222. The van der Waals surface area contributed by atoms with Gasteiger partial charge in [-0.3, -0.25) is 4.79 Å². The minimum atomic E-state index is -0.173. The number of benzene rings is 2. The number of methoxy groups -OCH3 is 2. The van der Waals surface area contributed by atoms with Gasteiger partial charge < -0.3 is 23.2 Å². The number of rotatable bonds is 8. The summed E-state index contributed by atoms with van der Waals surface area (Å²) >= 11 is 0. The number of nitrogens with zero attached hydrogens (tertiary/aromatic N) is 4. The topological polar surface area (TPSA) is 93.0 Å². The standard InChI is InChI=1S/C27H26N4O5/c1-5-35-19-8-6-18(7-9-19)22-15-24-27(32)30(12-13-31(24)29-22)16-23-17(2)36-26(28-23)21-11-10-20(33-3)14-25(21)34-4/h6-15H,5,16H2,1-4H3. The molecule has 0 N–H and O–H groups in total. The highest BCUT2D eigenvalue weighted by atomic mass is 16.5. The second kappa shape index (κ2) is 9.61. The highest BCUT2D eigenvalue weighted by molar-refractivity contribution is 5.66. The summed E-state index contributed by atoms with van der Waals surface area (Å²) < 4.78 is 25.4. The first kappa shape index (κ1) is 23.2. The van der Waals surface area contributed by atoms with E-state index >= 15 is 0 Å². The Morgan fingerprint density at radius 2 is 1.75 bits per heavy atom. The van der Waals surface area contributed by atoms with Crippen molar-refractivity contribution < 1.29 is 18.6 Å². The highest BCUT2D eigenvalue weighted by Crippen LogP contribution is 2.33. The Labute approximate surface area is 207 Å². The molecule has 0 saturated heterocycles. The number of aryl methyl sites for hydroxylation is 1. The molecule has 0 unspecified atom stereocenters. The SMILES string of the molecule is CCOc1ccc(-c2cc3c(=O)n(Cc4nc(-c5ccc(OC)cc5OC)oc4C)ccn3n2)cc1. The van der Waals surface area contributed by atoms with Crippen molar-refractivity contribution in [3.63, 3.8) is 0 Å². The molecule has 3 heterocycles. The lowest BCUT2D eigenvalue weighted by atomic mass is 10.1. The summed E-state index contributed by atoms with van der Waals surface area (Å²) in [4.78, 5) is 17.9. The zero-order chi connectivity index (χ0) is 25.2. The van der Waals surface area contributed by atoms with E-state index in [0.29, 0.717) is 52.2 Å². The summed E-state index contributed by atoms with van der Waals surface area (Å²) in [6, 6.07) is 14.9. The van der Waals surface area contributed by atoms with E-state index in [0.717, 1.165) is 11.3 Å². The van der Waals surface area contributed by atoms with Crippen molar-refractivity contribution in [2.45, 2.75) is 20.4 Å². The summed E-state index contributed by atoms with van der Waals surface area (Å²) in [5.74, 6) is 3.09. The third kappa shape index (κ3) is 4.31. The first-order chi connectivity index (χ1) is 17.5. The molecule has 5 rings (SSSR count). The quantitative estimate of drug-likeness (QED) is 0.317. The van der Waals surface area contributed by atoms with Crippen LogP contribution in [-0.4, -0.2) is 40.0 Å². The lowest BCUT2D eigenvalue weighted by Gasteiger charge is -2.07. The molecule has 0 aliphatic rings. The van der Waals surface area contributed by atoms with Crippen molar-refractivity contribution in [1.82, 2.24) is 19.2 Å². The van der Waals surface area contributed by atoms with E-state index in [9.17, 15) is 4.79 Å². The van der Waals surface area contributed by atoms with Crippen molar-refractivity contribution in [1.29, 1.82) is 0 Å². The lowest BCUT2D eigenvalue weighted by molar-refractivity contribution is 0.340. The predicted molar refractivity (Wildman–Crippen MR) is 135 cm³/mol. The Balaban J connectivity index is 1.45. The smallest absolute Gasteiger partial charge is 0.276 e. The Bertz CT molecular complexity index is 1580. The predicted octanol–water partition coefficient (Wildman–Crippen LogP) is 4.59. The number of aromatic nitrogens is 4. The first-order valence-electron chi connectivity index (χ1n) is 11.5. The normalized spacial score (nSPS) is 11.1. The largest absolute Gasteiger partial charge is 0.497 e. The molecule has 0 saturated carbocycles. The molecule has 3 aromatic heterocycles. The minimum Gasteiger partial charge on any atom is -0.497 e. The van der Waals surface area contributed by atoms with E-state index in [1.165, 1.54) is 0 Å². The van der Waals surface area contributed by atoms with Gasteiger partial charge in [0.05, 0.1) is 38.6 Å². The highest BCUT2D eigenvalue weighted by Gasteiger charge is 2.18. The van der Waals surface area contributed by atoms with Gasteiger partial charge in [0.15, 0.2) is 0 Å². The average Bonchev–Trinajstić information content (AvgIpc) is 3.50. The maximum absolute atomic E-state index is 13.3. The average molecular weight is 487 g/mol. The van der Waals surface area contributed by atoms with Gasteiger partial charge in [0.1, 0.15) is 34.2 Å². The van der Waals surface area contributed by atoms with Crippen molar-refractivity contribution in [2.75, 3.05) is 20.8 Å². The maximum atomic E-state index is 13.3. The number of hydrogen-bond donors (Lipinski definition) is 0. The summed E-state index contributed by atoms with van der Waals surface area (Å²) in [5.41, 5.74) is 3.26. The molecule has 0 bridgehead atoms. The molecule has 0 radical (unpaired) electrons. The first-order valence-corrected chi connectivity index (χ1v) is 11.5. The van der Waals surface area contributed by atoms with Crippen LogP contribution in [0, 0.1) is 6.92 Å². The van der Waals surface area contributed by atoms with Crippen LogP contribution in [0.15, 0.2) is 70.1 Å². The maximum Gasteiger partial charge on any atom is 0.276 e. The molecule has 36 heavy (non-hydrogen) atoms. The molecular formula is C27H26N4O5. The zero-order valence-electron chi connectivity index (χ0n) is 20.5. The second-order valence-electron chi connectivity index (χ2n) is 8.14. The van der Waals surface area contributed by atoms with Gasteiger partial charge in [-0.2, -0.15) is 5.10 Å². The van der Waals surface area contributed by atoms with Gasteiger partial charge in [0, 0.05) is 24.0 Å². The fourth-order valence-electron chi connectivity index (χ4n) is 4.01. The molecule has 0 aliphatic carbocycles. The monoisotopic (exact) mass is 486 g/mol. The van der Waals surface area contributed by atoms with Crippen LogP contribution in [0.2, 0.25) is 0 Å². The number of ether oxygens (including phenoxy) is 3. The molecule has 0 spiro atoms. The molecule has 9 heteroatoms. The van der Waals surface area contributed by atoms with Gasteiger partial charge in [-0.25, -0.2) is 9.50 Å². The molecule has 5 aromatic rings. The summed E-state index contributed by atoms with van der Waals surface area (Å²) in [7, 11) is 3.18. The molecule has 0 amide bonds. The molecule has 9 nitrogen and oxygen atoms in total. The molecule has 0 aliphatic heterocycles. The van der Waals surface area contributed by atoms with Crippen LogP contribution < -0.4 is 19.8 Å². The fourth-order valence-corrected chi connectivity index (χ4v) is 4.01. The number of fused-ring (bicyclic) bond motifs is 1. The van der Waals surface area contributed by atoms with Crippen LogP contribution in [0.4, 0.5) is 0 Å². The second-order valence-corrected chi connectivity index (χ2v) is 8.14. The van der Waals surface area contributed by atoms with Crippen molar-refractivity contribution in [2.24, 2.45) is 0 Å². The van der Waals surface area contributed by atoms with Gasteiger partial charge in [-0.05, 0) is 56.3 Å². The van der Waals surface area contributed by atoms with Crippen LogP contribution >= 0.6 is 0 Å². The minimum absolute atomic E-state index is 0.173. The van der Waals surface area contributed by atoms with E-state index < -0.39 is 0 Å². The van der Waals surface area contributed by atoms with Gasteiger partial charge in [-0.1, -0.05) is 0 Å². The Kier molecular flexibility index (Phi) is 6.20. The zero-order valence-corrected chi connectivity index (χ0v) is 20.5. The third-order valence-corrected chi connectivity index (χ3v) is 5.92.